The summed E-state index contributed by atoms with van der Waals surface area (Å²) >= 11 is 5.88. The summed E-state index contributed by atoms with van der Waals surface area (Å²) in [6, 6.07) is 5.50. The second kappa shape index (κ2) is 7.44. The first-order valence-electron chi connectivity index (χ1n) is 7.47. The van der Waals surface area contributed by atoms with E-state index in [0.29, 0.717) is 31.2 Å². The molecule has 0 aliphatic carbocycles. The number of nitroso groups, excluding NO2 is 1. The summed E-state index contributed by atoms with van der Waals surface area (Å²) in [6.45, 7) is 1.77. The highest BCUT2D eigenvalue weighted by Gasteiger charge is 2.29. The number of hydrogen-bond donors (Lipinski definition) is 1. The summed E-state index contributed by atoms with van der Waals surface area (Å²) in [4.78, 5) is 14.6. The van der Waals surface area contributed by atoms with Crippen molar-refractivity contribution in [2.45, 2.75) is 4.90 Å². The molecule has 2 heterocycles. The number of ether oxygens (including phenoxy) is 1. The number of nitrogens with one attached hydrogen (secondary N) is 1. The lowest BCUT2D eigenvalue weighted by Crippen LogP contribution is -2.46. The Morgan fingerprint density at radius 3 is 2.64 bits per heavy atom. The molecule has 0 radical (unpaired) electrons. The van der Waals surface area contributed by atoms with Crippen LogP contribution >= 0.6 is 11.6 Å². The van der Waals surface area contributed by atoms with Crippen LogP contribution in [0.4, 0.5) is 5.69 Å². The van der Waals surface area contributed by atoms with Crippen molar-refractivity contribution in [3.63, 3.8) is 0 Å². The van der Waals surface area contributed by atoms with Gasteiger partial charge in [0.15, 0.2) is 0 Å². The van der Waals surface area contributed by atoms with E-state index in [0.717, 1.165) is 0 Å². The molecule has 0 saturated carbocycles. The maximum absolute atomic E-state index is 13.0. The van der Waals surface area contributed by atoms with Gasteiger partial charge in [0.25, 0.3) is 0 Å². The van der Waals surface area contributed by atoms with Crippen molar-refractivity contribution in [1.82, 2.24) is 14.6 Å². The molecular formula is C15H15ClN4O4S. The lowest BCUT2D eigenvalue weighted by atomic mass is 10.3. The SMILES string of the molecule is O=Nc1ccc(Oc2cncc(Cl)c2)c(S(=O)(=O)N2CCNCC2)c1. The molecule has 1 aliphatic heterocycles. The molecule has 1 aliphatic rings. The maximum atomic E-state index is 13.0. The summed E-state index contributed by atoms with van der Waals surface area (Å²) in [5.74, 6) is 0.367. The van der Waals surface area contributed by atoms with Gasteiger partial charge < -0.3 is 10.1 Å². The molecule has 0 amide bonds. The van der Waals surface area contributed by atoms with Gasteiger partial charge in [0.05, 0.1) is 11.2 Å². The first-order valence-corrected chi connectivity index (χ1v) is 9.29. The number of aromatic nitrogens is 1. The van der Waals surface area contributed by atoms with Crippen LogP contribution in [0.15, 0.2) is 46.7 Å². The first kappa shape index (κ1) is 17.7. The first-order chi connectivity index (χ1) is 12.0. The molecule has 0 spiro atoms. The molecule has 1 aromatic carbocycles. The van der Waals surface area contributed by atoms with Crippen LogP contribution in [0.1, 0.15) is 0 Å². The third-order valence-corrected chi connectivity index (χ3v) is 5.76. The number of hydrogen-bond acceptors (Lipinski definition) is 7. The molecule has 1 N–H and O–H groups in total. The Morgan fingerprint density at radius 2 is 1.96 bits per heavy atom. The summed E-state index contributed by atoms with van der Waals surface area (Å²) < 4.78 is 32.9. The minimum atomic E-state index is -3.84. The number of sulfonamides is 1. The van der Waals surface area contributed by atoms with Gasteiger partial charge in [-0.25, -0.2) is 8.42 Å². The van der Waals surface area contributed by atoms with Crippen LogP contribution in [0.5, 0.6) is 11.5 Å². The highest BCUT2D eigenvalue weighted by atomic mass is 35.5. The van der Waals surface area contributed by atoms with E-state index in [1.54, 1.807) is 0 Å². The van der Waals surface area contributed by atoms with E-state index in [-0.39, 0.29) is 22.1 Å². The summed E-state index contributed by atoms with van der Waals surface area (Å²) in [5, 5.41) is 6.27. The highest BCUT2D eigenvalue weighted by molar-refractivity contribution is 7.89. The van der Waals surface area contributed by atoms with Gasteiger partial charge in [-0.3, -0.25) is 4.98 Å². The molecular weight excluding hydrogens is 368 g/mol. The molecule has 10 heteroatoms. The van der Waals surface area contributed by atoms with Crippen LogP contribution in [0.25, 0.3) is 0 Å². The molecule has 1 saturated heterocycles. The fourth-order valence-corrected chi connectivity index (χ4v) is 4.18. The topological polar surface area (TPSA) is 101 Å². The van der Waals surface area contributed by atoms with Crippen molar-refractivity contribution in [1.29, 1.82) is 0 Å². The van der Waals surface area contributed by atoms with Crippen LogP contribution in [0, 0.1) is 4.91 Å². The molecule has 132 valence electrons. The molecule has 25 heavy (non-hydrogen) atoms. The van der Waals surface area contributed by atoms with E-state index >= 15 is 0 Å². The molecule has 0 unspecified atom stereocenters. The lowest BCUT2D eigenvalue weighted by Gasteiger charge is -2.27. The van der Waals surface area contributed by atoms with Crippen molar-refractivity contribution in [3.05, 3.63) is 46.6 Å². The molecule has 8 nitrogen and oxygen atoms in total. The largest absolute Gasteiger partial charge is 0.454 e. The Balaban J connectivity index is 2.02. The van der Waals surface area contributed by atoms with E-state index in [1.165, 1.54) is 41.0 Å². The van der Waals surface area contributed by atoms with E-state index in [1.807, 2.05) is 0 Å². The van der Waals surface area contributed by atoms with E-state index in [9.17, 15) is 13.3 Å². The minimum Gasteiger partial charge on any atom is -0.454 e. The van der Waals surface area contributed by atoms with Crippen molar-refractivity contribution in [2.24, 2.45) is 5.18 Å². The smallest absolute Gasteiger partial charge is 0.246 e. The second-order valence-corrected chi connectivity index (χ2v) is 7.66. The van der Waals surface area contributed by atoms with Gasteiger partial charge in [-0.2, -0.15) is 4.31 Å². The van der Waals surface area contributed by atoms with Crippen LogP contribution in [0.2, 0.25) is 5.02 Å². The van der Waals surface area contributed by atoms with Crippen LogP contribution in [-0.2, 0) is 10.0 Å². The van der Waals surface area contributed by atoms with E-state index < -0.39 is 10.0 Å². The predicted octanol–water partition coefficient (Wildman–Crippen LogP) is 2.52. The fourth-order valence-electron chi connectivity index (χ4n) is 2.44. The zero-order valence-electron chi connectivity index (χ0n) is 13.1. The van der Waals surface area contributed by atoms with Crippen molar-refractivity contribution in [2.75, 3.05) is 26.2 Å². The van der Waals surface area contributed by atoms with Crippen molar-refractivity contribution in [3.8, 4) is 11.5 Å². The Morgan fingerprint density at radius 1 is 1.20 bits per heavy atom. The third-order valence-electron chi connectivity index (χ3n) is 3.63. The van der Waals surface area contributed by atoms with Crippen LogP contribution in [-0.4, -0.2) is 43.9 Å². The number of rotatable bonds is 5. The quantitative estimate of drug-likeness (QED) is 0.797. The normalized spacial score (nSPS) is 15.7. The average Bonchev–Trinajstić information content (AvgIpc) is 2.63. The van der Waals surface area contributed by atoms with Crippen molar-refractivity contribution >= 4 is 27.3 Å². The molecule has 0 bridgehead atoms. The molecule has 0 atom stereocenters. The summed E-state index contributed by atoms with van der Waals surface area (Å²) in [6.07, 6.45) is 2.85. The van der Waals surface area contributed by atoms with E-state index in [2.05, 4.69) is 15.5 Å². The number of benzene rings is 1. The zero-order chi connectivity index (χ0) is 17.9. The number of piperazine rings is 1. The Labute approximate surface area is 149 Å². The third kappa shape index (κ3) is 3.96. The zero-order valence-corrected chi connectivity index (χ0v) is 14.6. The highest BCUT2D eigenvalue weighted by Crippen LogP contribution is 2.34. The maximum Gasteiger partial charge on any atom is 0.246 e. The minimum absolute atomic E-state index is 0.00489. The van der Waals surface area contributed by atoms with Crippen molar-refractivity contribution < 1.29 is 13.2 Å². The molecule has 3 rings (SSSR count). The number of pyridine rings is 1. The van der Waals surface area contributed by atoms with Gasteiger partial charge in [0.2, 0.25) is 10.0 Å². The van der Waals surface area contributed by atoms with Crippen LogP contribution < -0.4 is 10.1 Å². The van der Waals surface area contributed by atoms with Gasteiger partial charge >= 0.3 is 0 Å². The standard InChI is InChI=1S/C15H15ClN4O4S/c16-11-7-13(10-18-9-11)24-14-2-1-12(19-21)8-15(14)25(22,23)20-5-3-17-4-6-20/h1-2,7-10,17H,3-6H2. The Kier molecular flexibility index (Phi) is 5.28. The van der Waals surface area contributed by atoms with Crippen LogP contribution in [0.3, 0.4) is 0 Å². The van der Waals surface area contributed by atoms with E-state index in [4.69, 9.17) is 16.3 Å². The predicted molar refractivity (Wildman–Crippen MR) is 92.8 cm³/mol. The monoisotopic (exact) mass is 382 g/mol. The van der Waals surface area contributed by atoms with Gasteiger partial charge in [0, 0.05) is 38.4 Å². The number of nitrogens with zero attached hydrogens (tertiary/aromatic N) is 3. The van der Waals surface area contributed by atoms with Gasteiger partial charge in [-0.1, -0.05) is 11.6 Å². The fraction of sp³-hybridized carbons (Fsp3) is 0.267. The Bertz CT molecular complexity index is 885. The Hall–Kier alpha value is -2.07. The molecule has 1 aromatic heterocycles. The molecule has 2 aromatic rings. The number of halogens is 1. The average molecular weight is 383 g/mol. The van der Waals surface area contributed by atoms with Gasteiger partial charge in [0.1, 0.15) is 22.1 Å². The molecule has 1 fully saturated rings. The lowest BCUT2D eigenvalue weighted by molar-refractivity contribution is 0.358. The summed E-state index contributed by atoms with van der Waals surface area (Å²) in [5.41, 5.74) is 0.00489. The van der Waals surface area contributed by atoms with Gasteiger partial charge in [-0.15, -0.1) is 4.91 Å². The second-order valence-electron chi connectivity index (χ2n) is 5.32. The summed E-state index contributed by atoms with van der Waals surface area (Å²) in [7, 11) is -3.84. The van der Waals surface area contributed by atoms with Gasteiger partial charge in [-0.05, 0) is 23.4 Å².